The number of thioether (sulfide) groups is 1. The molecule has 5 nitrogen and oxygen atoms in total. The zero-order chi connectivity index (χ0) is 19.5. The zero-order valence-electron chi connectivity index (χ0n) is 14.8. The molecule has 0 atom stereocenters. The molecule has 1 aromatic carbocycles. The summed E-state index contributed by atoms with van der Waals surface area (Å²) in [4.78, 5) is 22.0. The Bertz CT molecular complexity index is 1190. The maximum Gasteiger partial charge on any atom is 0.235 e. The number of hydrogen-bond acceptors (Lipinski definition) is 7. The van der Waals surface area contributed by atoms with E-state index >= 15 is 0 Å². The van der Waals surface area contributed by atoms with Crippen LogP contribution in [0.25, 0.3) is 21.3 Å². The Hall–Kier alpha value is -2.73. The van der Waals surface area contributed by atoms with Gasteiger partial charge in [-0.3, -0.25) is 4.79 Å². The molecular weight excluding hydrogens is 408 g/mol. The van der Waals surface area contributed by atoms with Gasteiger partial charge >= 0.3 is 0 Å². The molecule has 3 aromatic heterocycles. The number of fused-ring (bicyclic) bond motifs is 1. The van der Waals surface area contributed by atoms with Crippen LogP contribution in [-0.4, -0.2) is 21.6 Å². The van der Waals surface area contributed by atoms with Gasteiger partial charge in [-0.2, -0.15) is 5.26 Å². The molecule has 4 rings (SSSR count). The van der Waals surface area contributed by atoms with Gasteiger partial charge in [0.2, 0.25) is 5.91 Å². The highest BCUT2D eigenvalue weighted by molar-refractivity contribution is 8.00. The zero-order valence-corrected chi connectivity index (χ0v) is 17.3. The molecule has 0 aliphatic rings. The molecule has 0 aliphatic carbocycles. The average Bonchev–Trinajstić information content (AvgIpc) is 3.34. The largest absolute Gasteiger partial charge is 0.316 e. The van der Waals surface area contributed by atoms with Gasteiger partial charge in [0.15, 0.2) is 0 Å². The summed E-state index contributed by atoms with van der Waals surface area (Å²) in [5.74, 6) is 0.0424. The van der Waals surface area contributed by atoms with Crippen molar-refractivity contribution in [1.82, 2.24) is 9.97 Å². The summed E-state index contributed by atoms with van der Waals surface area (Å²) >= 11 is 4.29. The molecule has 28 heavy (non-hydrogen) atoms. The first-order valence-corrected chi connectivity index (χ1v) is 11.1. The van der Waals surface area contributed by atoms with Crippen LogP contribution in [0.3, 0.4) is 0 Å². The predicted octanol–water partition coefficient (Wildman–Crippen LogP) is 5.33. The molecule has 8 heteroatoms. The van der Waals surface area contributed by atoms with E-state index in [1.54, 1.807) is 22.8 Å². The van der Waals surface area contributed by atoms with Crippen LogP contribution in [-0.2, 0) is 4.79 Å². The second kappa shape index (κ2) is 8.10. The molecule has 0 radical (unpaired) electrons. The van der Waals surface area contributed by atoms with Crippen LogP contribution in [0.15, 0.2) is 52.4 Å². The number of anilines is 1. The summed E-state index contributed by atoms with van der Waals surface area (Å²) in [6, 6.07) is 12.1. The molecule has 0 bridgehead atoms. The second-order valence-electron chi connectivity index (χ2n) is 5.99. The van der Waals surface area contributed by atoms with E-state index in [9.17, 15) is 4.79 Å². The molecule has 0 saturated heterocycles. The maximum absolute atomic E-state index is 12.3. The first-order chi connectivity index (χ1) is 13.7. The highest BCUT2D eigenvalue weighted by Gasteiger charge is 2.15. The highest BCUT2D eigenvalue weighted by atomic mass is 32.2. The minimum atomic E-state index is -0.164. The molecule has 0 spiro atoms. The third-order valence-corrected chi connectivity index (χ3v) is 6.78. The quantitative estimate of drug-likeness (QED) is 0.347. The molecule has 3 heterocycles. The number of nitrogens with one attached hydrogen (secondary N) is 1. The molecule has 4 aromatic rings. The van der Waals surface area contributed by atoms with Crippen LogP contribution in [0.4, 0.5) is 5.00 Å². The van der Waals surface area contributed by atoms with Crippen molar-refractivity contribution >= 4 is 55.6 Å². The lowest BCUT2D eigenvalue weighted by molar-refractivity contribution is -0.113. The maximum atomic E-state index is 12.3. The molecule has 1 amide bonds. The van der Waals surface area contributed by atoms with Crippen LogP contribution in [0.2, 0.25) is 0 Å². The number of nitrogens with zero attached hydrogens (tertiary/aromatic N) is 3. The number of aromatic nitrogens is 2. The number of aryl methyl sites for hydroxylation is 1. The van der Waals surface area contributed by atoms with Gasteiger partial charge in [-0.05, 0) is 23.9 Å². The van der Waals surface area contributed by atoms with Gasteiger partial charge in [0.25, 0.3) is 0 Å². The van der Waals surface area contributed by atoms with Crippen molar-refractivity contribution in [3.63, 3.8) is 0 Å². The van der Waals surface area contributed by atoms with Gasteiger partial charge in [-0.25, -0.2) is 9.97 Å². The lowest BCUT2D eigenvalue weighted by atomic mass is 10.1. The van der Waals surface area contributed by atoms with Gasteiger partial charge in [0, 0.05) is 10.9 Å². The van der Waals surface area contributed by atoms with Gasteiger partial charge in [0.05, 0.1) is 16.7 Å². The minimum Gasteiger partial charge on any atom is -0.316 e. The lowest BCUT2D eigenvalue weighted by Gasteiger charge is -2.06. The van der Waals surface area contributed by atoms with E-state index in [-0.39, 0.29) is 11.7 Å². The molecule has 0 fully saturated rings. The Morgan fingerprint density at radius 2 is 2.04 bits per heavy atom. The fourth-order valence-corrected chi connectivity index (χ4v) is 5.24. The Balaban J connectivity index is 1.57. The van der Waals surface area contributed by atoms with Crippen molar-refractivity contribution in [3.8, 4) is 17.2 Å². The van der Waals surface area contributed by atoms with Crippen molar-refractivity contribution in [2.75, 3.05) is 11.1 Å². The molecule has 0 aliphatic heterocycles. The standard InChI is InChI=1S/C20H14N4OS3/c1-12-2-4-13(5-3-12)15-9-27-19-17(15)20(23-11-22-19)28-10-16(25)24-18-14(8-21)6-7-26-18/h2-7,9,11H,10H2,1H3,(H,24,25). The van der Waals surface area contributed by atoms with Crippen LogP contribution in [0, 0.1) is 18.3 Å². The number of thiophene rings is 2. The van der Waals surface area contributed by atoms with Crippen LogP contribution in [0.5, 0.6) is 0 Å². The van der Waals surface area contributed by atoms with Crippen molar-refractivity contribution < 1.29 is 4.79 Å². The molecule has 1 N–H and O–H groups in total. The molecule has 0 saturated carbocycles. The number of carbonyl (C=O) groups is 1. The van der Waals surface area contributed by atoms with E-state index in [0.29, 0.717) is 10.6 Å². The third kappa shape index (κ3) is 3.78. The first-order valence-electron chi connectivity index (χ1n) is 8.35. The van der Waals surface area contributed by atoms with Gasteiger partial charge < -0.3 is 5.32 Å². The van der Waals surface area contributed by atoms with Crippen molar-refractivity contribution in [3.05, 3.63) is 58.5 Å². The van der Waals surface area contributed by atoms with Gasteiger partial charge in [-0.1, -0.05) is 41.6 Å². The van der Waals surface area contributed by atoms with E-state index in [4.69, 9.17) is 5.26 Å². The fraction of sp³-hybridized carbons (Fsp3) is 0.100. The first kappa shape index (κ1) is 18.6. The van der Waals surface area contributed by atoms with Gasteiger partial charge in [0.1, 0.15) is 27.3 Å². The summed E-state index contributed by atoms with van der Waals surface area (Å²) in [6.07, 6.45) is 1.53. The highest BCUT2D eigenvalue weighted by Crippen LogP contribution is 2.38. The number of rotatable bonds is 5. The third-order valence-electron chi connectivity index (χ3n) is 4.08. The topological polar surface area (TPSA) is 78.7 Å². The smallest absolute Gasteiger partial charge is 0.235 e. The predicted molar refractivity (Wildman–Crippen MR) is 116 cm³/mol. The summed E-state index contributed by atoms with van der Waals surface area (Å²) < 4.78 is 0. The van der Waals surface area contributed by atoms with E-state index in [0.717, 1.165) is 26.4 Å². The Labute approximate surface area is 174 Å². The Morgan fingerprint density at radius 3 is 2.82 bits per heavy atom. The van der Waals surface area contributed by atoms with Crippen molar-refractivity contribution in [1.29, 1.82) is 5.26 Å². The van der Waals surface area contributed by atoms with Crippen molar-refractivity contribution in [2.24, 2.45) is 0 Å². The van der Waals surface area contributed by atoms with E-state index in [2.05, 4.69) is 57.9 Å². The van der Waals surface area contributed by atoms with Crippen molar-refractivity contribution in [2.45, 2.75) is 11.9 Å². The van der Waals surface area contributed by atoms with Gasteiger partial charge in [-0.15, -0.1) is 22.7 Å². The average molecular weight is 423 g/mol. The van der Waals surface area contributed by atoms with Crippen LogP contribution >= 0.6 is 34.4 Å². The van der Waals surface area contributed by atoms with E-state index < -0.39 is 0 Å². The van der Waals surface area contributed by atoms with E-state index in [1.807, 2.05) is 0 Å². The summed E-state index contributed by atoms with van der Waals surface area (Å²) in [7, 11) is 0. The SMILES string of the molecule is Cc1ccc(-c2csc3ncnc(SCC(=O)Nc4sccc4C#N)c23)cc1. The fourth-order valence-electron chi connectivity index (χ4n) is 2.69. The van der Waals surface area contributed by atoms with Crippen LogP contribution < -0.4 is 5.32 Å². The normalized spacial score (nSPS) is 10.7. The molecular formula is C20H14N4OS3. The van der Waals surface area contributed by atoms with E-state index in [1.165, 1.54) is 35.0 Å². The lowest BCUT2D eigenvalue weighted by Crippen LogP contribution is -2.13. The second-order valence-corrected chi connectivity index (χ2v) is 8.72. The Morgan fingerprint density at radius 1 is 1.21 bits per heavy atom. The summed E-state index contributed by atoms with van der Waals surface area (Å²) in [5.41, 5.74) is 3.87. The summed E-state index contributed by atoms with van der Waals surface area (Å²) in [5, 5.41) is 18.1. The minimum absolute atomic E-state index is 0.164. The monoisotopic (exact) mass is 422 g/mol. The number of benzene rings is 1. The van der Waals surface area contributed by atoms with Crippen LogP contribution in [0.1, 0.15) is 11.1 Å². The Kier molecular flexibility index (Phi) is 5.39. The molecule has 138 valence electrons. The number of carbonyl (C=O) groups excluding carboxylic acids is 1. The number of nitriles is 1. The number of hydrogen-bond donors (Lipinski definition) is 1. The number of amides is 1. The summed E-state index contributed by atoms with van der Waals surface area (Å²) in [6.45, 7) is 2.06. The molecule has 0 unspecified atom stereocenters.